The molecule has 1 saturated carbocycles. The highest BCUT2D eigenvalue weighted by molar-refractivity contribution is 5.94. The number of hydrogen-bond donors (Lipinski definition) is 3. The summed E-state index contributed by atoms with van der Waals surface area (Å²) in [5, 5.41) is 9.28. The number of nitrogens with one attached hydrogen (secondary N) is 3. The van der Waals surface area contributed by atoms with Crippen LogP contribution in [0.1, 0.15) is 29.6 Å². The van der Waals surface area contributed by atoms with Crippen LogP contribution in [0.3, 0.4) is 0 Å². The summed E-state index contributed by atoms with van der Waals surface area (Å²) >= 11 is 0. The molecule has 7 nitrogen and oxygen atoms in total. The number of amides is 1. The Hall–Kier alpha value is -2.28. The Kier molecular flexibility index (Phi) is 8.75. The highest BCUT2D eigenvalue weighted by Gasteiger charge is 2.20. The SMILES string of the molecule is CN=C(NCCCOCC1CC1)NCCNC(=O)c1cccc(OC)c1. The molecule has 3 N–H and O–H groups in total. The van der Waals surface area contributed by atoms with Crippen LogP contribution in [0, 0.1) is 5.92 Å². The van der Waals surface area contributed by atoms with Gasteiger partial charge in [-0.1, -0.05) is 6.07 Å². The first-order valence-electron chi connectivity index (χ1n) is 9.17. The lowest BCUT2D eigenvalue weighted by molar-refractivity contribution is 0.0954. The van der Waals surface area contributed by atoms with Gasteiger partial charge >= 0.3 is 0 Å². The average Bonchev–Trinajstić information content (AvgIpc) is 3.50. The molecule has 0 heterocycles. The highest BCUT2D eigenvalue weighted by atomic mass is 16.5. The monoisotopic (exact) mass is 362 g/mol. The van der Waals surface area contributed by atoms with E-state index in [-0.39, 0.29) is 5.91 Å². The van der Waals surface area contributed by atoms with Crippen LogP contribution >= 0.6 is 0 Å². The molecule has 0 radical (unpaired) electrons. The molecule has 1 aliphatic carbocycles. The van der Waals surface area contributed by atoms with Crippen molar-refractivity contribution in [3.63, 3.8) is 0 Å². The Morgan fingerprint density at radius 1 is 1.19 bits per heavy atom. The Labute approximate surface area is 155 Å². The van der Waals surface area contributed by atoms with E-state index in [1.165, 1.54) is 12.8 Å². The summed E-state index contributed by atoms with van der Waals surface area (Å²) in [5.74, 6) is 2.08. The van der Waals surface area contributed by atoms with Crippen molar-refractivity contribution in [3.05, 3.63) is 29.8 Å². The van der Waals surface area contributed by atoms with E-state index in [4.69, 9.17) is 9.47 Å². The molecular weight excluding hydrogens is 332 g/mol. The summed E-state index contributed by atoms with van der Waals surface area (Å²) in [5.41, 5.74) is 0.582. The molecule has 1 aliphatic rings. The van der Waals surface area contributed by atoms with Crippen LogP contribution in [0.15, 0.2) is 29.3 Å². The van der Waals surface area contributed by atoms with Crippen LogP contribution in [0.25, 0.3) is 0 Å². The van der Waals surface area contributed by atoms with Gasteiger partial charge in [0, 0.05) is 45.5 Å². The molecule has 0 aliphatic heterocycles. The number of benzene rings is 1. The van der Waals surface area contributed by atoms with Crippen molar-refractivity contribution in [1.82, 2.24) is 16.0 Å². The Morgan fingerprint density at radius 2 is 1.96 bits per heavy atom. The largest absolute Gasteiger partial charge is 0.497 e. The van der Waals surface area contributed by atoms with E-state index in [1.807, 2.05) is 6.07 Å². The van der Waals surface area contributed by atoms with E-state index >= 15 is 0 Å². The number of carbonyl (C=O) groups excluding carboxylic acids is 1. The Balaban J connectivity index is 1.54. The van der Waals surface area contributed by atoms with Gasteiger partial charge in [0.25, 0.3) is 5.91 Å². The molecule has 2 rings (SSSR count). The molecule has 0 aromatic heterocycles. The number of carbonyl (C=O) groups is 1. The summed E-state index contributed by atoms with van der Waals surface area (Å²) in [6.07, 6.45) is 3.59. The quantitative estimate of drug-likeness (QED) is 0.315. The van der Waals surface area contributed by atoms with Gasteiger partial charge in [-0.15, -0.1) is 0 Å². The molecule has 144 valence electrons. The van der Waals surface area contributed by atoms with Crippen LogP contribution in [-0.4, -0.2) is 58.9 Å². The lowest BCUT2D eigenvalue weighted by Crippen LogP contribution is -2.42. The Bertz CT molecular complexity index is 588. The molecule has 0 spiro atoms. The summed E-state index contributed by atoms with van der Waals surface area (Å²) in [6.45, 7) is 3.58. The molecular formula is C19H30N4O3. The molecule has 0 atom stereocenters. The minimum Gasteiger partial charge on any atom is -0.497 e. The zero-order valence-corrected chi connectivity index (χ0v) is 15.7. The fourth-order valence-corrected chi connectivity index (χ4v) is 2.36. The summed E-state index contributed by atoms with van der Waals surface area (Å²) in [6, 6.07) is 7.09. The molecule has 26 heavy (non-hydrogen) atoms. The van der Waals surface area contributed by atoms with Crippen LogP contribution in [-0.2, 0) is 4.74 Å². The predicted molar refractivity (Wildman–Crippen MR) is 103 cm³/mol. The smallest absolute Gasteiger partial charge is 0.251 e. The van der Waals surface area contributed by atoms with Gasteiger partial charge in [-0.3, -0.25) is 9.79 Å². The lowest BCUT2D eigenvalue weighted by atomic mass is 10.2. The summed E-state index contributed by atoms with van der Waals surface area (Å²) in [4.78, 5) is 16.3. The second kappa shape index (κ2) is 11.4. The number of aliphatic imine (C=N–C) groups is 1. The van der Waals surface area contributed by atoms with Gasteiger partial charge in [0.05, 0.1) is 7.11 Å². The third-order valence-corrected chi connectivity index (χ3v) is 4.07. The second-order valence-corrected chi connectivity index (χ2v) is 6.29. The number of guanidine groups is 1. The van der Waals surface area contributed by atoms with E-state index in [9.17, 15) is 4.79 Å². The average molecular weight is 362 g/mol. The van der Waals surface area contributed by atoms with Crippen LogP contribution < -0.4 is 20.7 Å². The topological polar surface area (TPSA) is 84.0 Å². The van der Waals surface area contributed by atoms with Crippen LogP contribution in [0.5, 0.6) is 5.75 Å². The summed E-state index contributed by atoms with van der Waals surface area (Å²) in [7, 11) is 3.31. The maximum atomic E-state index is 12.1. The maximum Gasteiger partial charge on any atom is 0.251 e. The second-order valence-electron chi connectivity index (χ2n) is 6.29. The predicted octanol–water partition coefficient (Wildman–Crippen LogP) is 1.41. The van der Waals surface area contributed by atoms with Crippen molar-refractivity contribution >= 4 is 11.9 Å². The van der Waals surface area contributed by atoms with Crippen LogP contribution in [0.2, 0.25) is 0 Å². The highest BCUT2D eigenvalue weighted by Crippen LogP contribution is 2.28. The minimum atomic E-state index is -0.124. The van der Waals surface area contributed by atoms with Crippen molar-refractivity contribution in [1.29, 1.82) is 0 Å². The van der Waals surface area contributed by atoms with Gasteiger partial charge in [0.1, 0.15) is 5.75 Å². The van der Waals surface area contributed by atoms with E-state index in [2.05, 4.69) is 20.9 Å². The fraction of sp³-hybridized carbons (Fsp3) is 0.579. The summed E-state index contributed by atoms with van der Waals surface area (Å²) < 4.78 is 10.7. The van der Waals surface area contributed by atoms with Crippen molar-refractivity contribution in [2.45, 2.75) is 19.3 Å². The third-order valence-electron chi connectivity index (χ3n) is 4.07. The van der Waals surface area contributed by atoms with Crippen molar-refractivity contribution in [2.75, 3.05) is 47.0 Å². The fourth-order valence-electron chi connectivity index (χ4n) is 2.36. The number of rotatable bonds is 11. The van der Waals surface area contributed by atoms with Crippen molar-refractivity contribution in [2.24, 2.45) is 10.9 Å². The Morgan fingerprint density at radius 3 is 2.69 bits per heavy atom. The molecule has 1 fully saturated rings. The molecule has 1 aromatic carbocycles. The van der Waals surface area contributed by atoms with Gasteiger partial charge in [0.15, 0.2) is 5.96 Å². The molecule has 1 aromatic rings. The first kappa shape index (κ1) is 20.0. The number of methoxy groups -OCH3 is 1. The molecule has 0 saturated heterocycles. The zero-order valence-electron chi connectivity index (χ0n) is 15.7. The van der Waals surface area contributed by atoms with E-state index < -0.39 is 0 Å². The van der Waals surface area contributed by atoms with Crippen molar-refractivity contribution < 1.29 is 14.3 Å². The molecule has 0 unspecified atom stereocenters. The van der Waals surface area contributed by atoms with Crippen LogP contribution in [0.4, 0.5) is 0 Å². The van der Waals surface area contributed by atoms with E-state index in [0.717, 1.165) is 38.1 Å². The first-order valence-corrected chi connectivity index (χ1v) is 9.17. The van der Waals surface area contributed by atoms with Gasteiger partial charge in [-0.05, 0) is 43.4 Å². The van der Waals surface area contributed by atoms with Gasteiger partial charge in [0.2, 0.25) is 0 Å². The minimum absolute atomic E-state index is 0.124. The molecule has 0 bridgehead atoms. The number of nitrogens with zero attached hydrogens (tertiary/aromatic N) is 1. The third kappa shape index (κ3) is 7.74. The van der Waals surface area contributed by atoms with Gasteiger partial charge in [-0.25, -0.2) is 0 Å². The van der Waals surface area contributed by atoms with E-state index in [0.29, 0.717) is 24.4 Å². The van der Waals surface area contributed by atoms with E-state index in [1.54, 1.807) is 32.4 Å². The van der Waals surface area contributed by atoms with Gasteiger partial charge < -0.3 is 25.4 Å². The maximum absolute atomic E-state index is 12.1. The van der Waals surface area contributed by atoms with Gasteiger partial charge in [-0.2, -0.15) is 0 Å². The number of ether oxygens (including phenoxy) is 2. The standard InChI is InChI=1S/C19H30N4O3/c1-20-19(22-9-4-12-26-14-15-7-8-15)23-11-10-21-18(24)16-5-3-6-17(13-16)25-2/h3,5-6,13,15H,4,7-12,14H2,1-2H3,(H,21,24)(H2,20,22,23). The molecule has 1 amide bonds. The van der Waals surface area contributed by atoms with Crippen molar-refractivity contribution in [3.8, 4) is 5.75 Å². The normalized spacial score (nSPS) is 14.0. The molecule has 7 heteroatoms. The first-order chi connectivity index (χ1) is 12.7. The zero-order chi connectivity index (χ0) is 18.6. The lowest BCUT2D eigenvalue weighted by Gasteiger charge is -2.12. The number of hydrogen-bond acceptors (Lipinski definition) is 4.